The normalized spacial score (nSPS) is 17.5. The molecular weight excluding hydrogens is 440 g/mol. The van der Waals surface area contributed by atoms with E-state index in [4.69, 9.17) is 0 Å². The second kappa shape index (κ2) is 8.00. The number of non-ortho nitro benzene ring substituents is 1. The van der Waals surface area contributed by atoms with Crippen molar-refractivity contribution in [3.05, 3.63) is 97.0 Å². The predicted molar refractivity (Wildman–Crippen MR) is 113 cm³/mol. The van der Waals surface area contributed by atoms with Gasteiger partial charge in [0.05, 0.1) is 21.0 Å². The molecule has 1 aliphatic rings. The van der Waals surface area contributed by atoms with Gasteiger partial charge in [0.25, 0.3) is 17.2 Å². The number of para-hydroxylation sites is 1. The van der Waals surface area contributed by atoms with E-state index < -0.39 is 33.3 Å². The summed E-state index contributed by atoms with van der Waals surface area (Å²) in [5.74, 6) is -2.67. The largest absolute Gasteiger partial charge is 0.507 e. The highest BCUT2D eigenvalue weighted by Crippen LogP contribution is 2.45. The van der Waals surface area contributed by atoms with Crippen molar-refractivity contribution >= 4 is 45.3 Å². The number of nitro benzene ring substituents is 2. The quantitative estimate of drug-likeness (QED) is 0.202. The molecule has 1 fully saturated rings. The van der Waals surface area contributed by atoms with Gasteiger partial charge in [0, 0.05) is 35.3 Å². The number of rotatable bonds is 5. The Morgan fingerprint density at radius 2 is 1.72 bits per heavy atom. The number of Topliss-reactive ketones (excluding diaryl/α,β-unsaturated/α-hetero) is 1. The fraction of sp³-hybridized carbons (Fsp3) is 0.0500. The van der Waals surface area contributed by atoms with E-state index in [2.05, 4.69) is 4.98 Å². The van der Waals surface area contributed by atoms with E-state index in [1.54, 1.807) is 5.38 Å². The Balaban J connectivity index is 1.96. The number of nitro groups is 2. The van der Waals surface area contributed by atoms with E-state index in [1.165, 1.54) is 42.6 Å². The average molecular weight is 452 g/mol. The smallest absolute Gasteiger partial charge is 0.301 e. The number of thiazole rings is 1. The molecule has 1 aromatic heterocycles. The topological polar surface area (TPSA) is 157 Å². The van der Waals surface area contributed by atoms with Crippen LogP contribution in [0.5, 0.6) is 0 Å². The van der Waals surface area contributed by atoms with Gasteiger partial charge >= 0.3 is 5.91 Å². The number of aliphatic hydroxyl groups is 1. The van der Waals surface area contributed by atoms with Crippen LogP contribution in [0.3, 0.4) is 0 Å². The molecule has 1 N–H and O–H groups in total. The summed E-state index contributed by atoms with van der Waals surface area (Å²) in [5.41, 5.74) is -0.921. The molecule has 1 aliphatic heterocycles. The van der Waals surface area contributed by atoms with Crippen LogP contribution >= 0.6 is 11.3 Å². The summed E-state index contributed by atoms with van der Waals surface area (Å²) in [5, 5.41) is 35.2. The van der Waals surface area contributed by atoms with Crippen LogP contribution in [0.2, 0.25) is 0 Å². The number of aliphatic hydroxyl groups excluding tert-OH is 1. The Hall–Kier alpha value is -4.45. The van der Waals surface area contributed by atoms with E-state index in [0.29, 0.717) is 0 Å². The zero-order chi connectivity index (χ0) is 23.0. The van der Waals surface area contributed by atoms with Gasteiger partial charge in [0.15, 0.2) is 5.13 Å². The van der Waals surface area contributed by atoms with Crippen LogP contribution in [0, 0.1) is 20.2 Å². The van der Waals surface area contributed by atoms with Crippen molar-refractivity contribution in [1.82, 2.24) is 4.98 Å². The highest BCUT2D eigenvalue weighted by atomic mass is 32.1. The summed E-state index contributed by atoms with van der Waals surface area (Å²) >= 11 is 1.05. The first-order chi connectivity index (χ1) is 15.3. The molecule has 0 aliphatic carbocycles. The maximum Gasteiger partial charge on any atom is 0.301 e. The minimum Gasteiger partial charge on any atom is -0.507 e. The molecule has 0 spiro atoms. The molecule has 4 rings (SSSR count). The van der Waals surface area contributed by atoms with Gasteiger partial charge in [-0.15, -0.1) is 11.3 Å². The molecule has 12 heteroatoms. The Morgan fingerprint density at radius 3 is 2.31 bits per heavy atom. The minimum atomic E-state index is -1.32. The monoisotopic (exact) mass is 452 g/mol. The molecule has 1 amide bonds. The summed E-state index contributed by atoms with van der Waals surface area (Å²) in [6.07, 6.45) is 1.41. The van der Waals surface area contributed by atoms with E-state index in [0.717, 1.165) is 28.4 Å². The van der Waals surface area contributed by atoms with Crippen LogP contribution in [0.25, 0.3) is 5.76 Å². The van der Waals surface area contributed by atoms with Crippen LogP contribution < -0.4 is 4.90 Å². The van der Waals surface area contributed by atoms with E-state index in [1.807, 2.05) is 0 Å². The molecule has 160 valence electrons. The van der Waals surface area contributed by atoms with Crippen LogP contribution in [-0.4, -0.2) is 31.6 Å². The number of nitrogens with zero attached hydrogens (tertiary/aromatic N) is 4. The van der Waals surface area contributed by atoms with Gasteiger partial charge in [-0.1, -0.05) is 12.1 Å². The standard InChI is InChI=1S/C20H12N4O7S/c25-17(11-5-7-12(8-6-11)23(28)29)15-16(13-3-1-2-4-14(13)24(30)31)22(19(27)18(15)26)20-21-9-10-32-20/h1-10,16,25H/b17-15+/t16-/m1/s1. The van der Waals surface area contributed by atoms with Gasteiger partial charge in [-0.05, 0) is 18.2 Å². The molecule has 1 atom stereocenters. The predicted octanol–water partition coefficient (Wildman–Crippen LogP) is 3.59. The average Bonchev–Trinajstić information content (AvgIpc) is 3.40. The summed E-state index contributed by atoms with van der Waals surface area (Å²) in [7, 11) is 0. The van der Waals surface area contributed by atoms with Crippen LogP contribution in [-0.2, 0) is 9.59 Å². The molecule has 3 aromatic rings. The SMILES string of the molecule is O=C1C(=O)N(c2nccs2)[C@H](c2ccccc2[N+](=O)[O-])/C1=C(\O)c1ccc([N+](=O)[O-])cc1. The molecule has 0 saturated carbocycles. The molecule has 0 radical (unpaired) electrons. The zero-order valence-corrected chi connectivity index (χ0v) is 16.8. The van der Waals surface area contributed by atoms with Crippen molar-refractivity contribution in [2.24, 2.45) is 0 Å². The van der Waals surface area contributed by atoms with E-state index >= 15 is 0 Å². The van der Waals surface area contributed by atoms with Crippen molar-refractivity contribution < 1.29 is 24.5 Å². The third-order valence-electron chi connectivity index (χ3n) is 4.85. The fourth-order valence-corrected chi connectivity index (χ4v) is 4.11. The van der Waals surface area contributed by atoms with Crippen LogP contribution in [0.15, 0.2) is 65.7 Å². The first-order valence-corrected chi connectivity index (χ1v) is 9.88. The molecule has 32 heavy (non-hydrogen) atoms. The molecule has 1 saturated heterocycles. The lowest BCUT2D eigenvalue weighted by Crippen LogP contribution is -2.29. The summed E-state index contributed by atoms with van der Waals surface area (Å²) in [6.45, 7) is 0. The summed E-state index contributed by atoms with van der Waals surface area (Å²) in [6, 6.07) is 8.95. The van der Waals surface area contributed by atoms with Gasteiger partial charge in [-0.3, -0.25) is 34.7 Å². The first kappa shape index (κ1) is 20.8. The summed E-state index contributed by atoms with van der Waals surface area (Å²) in [4.78, 5) is 52.2. The Bertz CT molecular complexity index is 1290. The molecular formula is C20H12N4O7S. The Kier molecular flexibility index (Phi) is 5.20. The van der Waals surface area contributed by atoms with E-state index in [9.17, 15) is 34.9 Å². The Morgan fingerprint density at radius 1 is 1.03 bits per heavy atom. The van der Waals surface area contributed by atoms with Crippen molar-refractivity contribution in [3.8, 4) is 0 Å². The van der Waals surface area contributed by atoms with Crippen LogP contribution in [0.1, 0.15) is 17.2 Å². The summed E-state index contributed by atoms with van der Waals surface area (Å²) < 4.78 is 0. The number of anilines is 1. The molecule has 11 nitrogen and oxygen atoms in total. The van der Waals surface area contributed by atoms with Gasteiger partial charge in [0.1, 0.15) is 11.8 Å². The minimum absolute atomic E-state index is 0.00959. The third-order valence-corrected chi connectivity index (χ3v) is 5.62. The van der Waals surface area contributed by atoms with Gasteiger partial charge in [-0.2, -0.15) is 0 Å². The molecule has 2 heterocycles. The highest BCUT2D eigenvalue weighted by molar-refractivity contribution is 7.14. The van der Waals surface area contributed by atoms with Gasteiger partial charge in [-0.25, -0.2) is 4.98 Å². The molecule has 0 bridgehead atoms. The fourth-order valence-electron chi connectivity index (χ4n) is 3.44. The van der Waals surface area contributed by atoms with Gasteiger partial charge < -0.3 is 5.11 Å². The number of hydrogen-bond donors (Lipinski definition) is 1. The van der Waals surface area contributed by atoms with Crippen molar-refractivity contribution in [3.63, 3.8) is 0 Å². The number of ketones is 1. The zero-order valence-electron chi connectivity index (χ0n) is 15.9. The second-order valence-corrected chi connectivity index (χ2v) is 7.48. The van der Waals surface area contributed by atoms with Crippen LogP contribution in [0.4, 0.5) is 16.5 Å². The van der Waals surface area contributed by atoms with Crippen molar-refractivity contribution in [1.29, 1.82) is 0 Å². The number of benzene rings is 2. The highest BCUT2D eigenvalue weighted by Gasteiger charge is 2.49. The molecule has 2 aromatic carbocycles. The molecule has 0 unspecified atom stereocenters. The lowest BCUT2D eigenvalue weighted by molar-refractivity contribution is -0.385. The van der Waals surface area contributed by atoms with Crippen molar-refractivity contribution in [2.45, 2.75) is 6.04 Å². The lowest BCUT2D eigenvalue weighted by Gasteiger charge is -2.22. The number of amides is 1. The lowest BCUT2D eigenvalue weighted by atomic mass is 9.94. The number of hydrogen-bond acceptors (Lipinski definition) is 9. The van der Waals surface area contributed by atoms with Crippen molar-refractivity contribution in [2.75, 3.05) is 4.90 Å². The second-order valence-electron chi connectivity index (χ2n) is 6.60. The first-order valence-electron chi connectivity index (χ1n) is 9.00. The number of carbonyl (C=O) groups is 2. The number of carbonyl (C=O) groups excluding carboxylic acids is 2. The van der Waals surface area contributed by atoms with E-state index in [-0.39, 0.29) is 33.2 Å². The third kappa shape index (κ3) is 3.37. The Labute approximate surface area is 183 Å². The number of aromatic nitrogens is 1. The maximum atomic E-state index is 13.0. The van der Waals surface area contributed by atoms with Gasteiger partial charge in [0.2, 0.25) is 0 Å². The maximum absolute atomic E-state index is 13.0.